The molecule has 2 N–H and O–H groups in total. The zero-order valence-electron chi connectivity index (χ0n) is 13.2. The van der Waals surface area contributed by atoms with Crippen LogP contribution in [0.25, 0.3) is 0 Å². The molecule has 116 valence electrons. The highest BCUT2D eigenvalue weighted by Gasteiger charge is 2.21. The van der Waals surface area contributed by atoms with Crippen LogP contribution >= 0.6 is 0 Å². The fourth-order valence-corrected chi connectivity index (χ4v) is 2.92. The minimum atomic E-state index is 0.0765. The molecule has 1 aromatic carbocycles. The molecular formula is C17H26N2O2. The Morgan fingerprint density at radius 1 is 1.24 bits per heavy atom. The van der Waals surface area contributed by atoms with E-state index >= 15 is 0 Å². The molecule has 4 heteroatoms. The van der Waals surface area contributed by atoms with Crippen LogP contribution in [0.4, 0.5) is 5.69 Å². The Morgan fingerprint density at radius 3 is 2.52 bits per heavy atom. The van der Waals surface area contributed by atoms with E-state index in [4.69, 9.17) is 4.74 Å². The number of hydrogen-bond acceptors (Lipinski definition) is 3. The first-order valence-electron chi connectivity index (χ1n) is 7.75. The van der Waals surface area contributed by atoms with E-state index in [1.807, 2.05) is 0 Å². The van der Waals surface area contributed by atoms with Gasteiger partial charge < -0.3 is 15.4 Å². The van der Waals surface area contributed by atoms with Gasteiger partial charge in [-0.05, 0) is 50.3 Å². The number of methoxy groups -OCH3 is 1. The molecule has 1 aliphatic rings. The van der Waals surface area contributed by atoms with Crippen LogP contribution in [0.3, 0.4) is 0 Å². The average Bonchev–Trinajstić information content (AvgIpc) is 2.48. The molecule has 0 aliphatic heterocycles. The zero-order valence-corrected chi connectivity index (χ0v) is 13.2. The molecule has 0 radical (unpaired) electrons. The molecule has 0 spiro atoms. The molecule has 0 bridgehead atoms. The number of carbonyl (C=O) groups excluding carboxylic acids is 1. The van der Waals surface area contributed by atoms with Crippen LogP contribution in [-0.4, -0.2) is 25.1 Å². The van der Waals surface area contributed by atoms with E-state index in [0.717, 1.165) is 31.4 Å². The van der Waals surface area contributed by atoms with Gasteiger partial charge in [0.2, 0.25) is 5.91 Å². The SMILES string of the molecule is CO[C@@H](C)c1cccc(NC2CCC(NC(C)=O)CC2)c1. The smallest absolute Gasteiger partial charge is 0.217 e. The molecule has 1 amide bonds. The summed E-state index contributed by atoms with van der Waals surface area (Å²) in [6, 6.07) is 9.26. The Balaban J connectivity index is 1.87. The summed E-state index contributed by atoms with van der Waals surface area (Å²) in [6.45, 7) is 3.64. The van der Waals surface area contributed by atoms with Crippen molar-refractivity contribution in [1.82, 2.24) is 5.32 Å². The van der Waals surface area contributed by atoms with Crippen LogP contribution in [0.1, 0.15) is 51.2 Å². The number of benzene rings is 1. The summed E-state index contributed by atoms with van der Waals surface area (Å²) in [7, 11) is 1.73. The maximum Gasteiger partial charge on any atom is 0.217 e. The lowest BCUT2D eigenvalue weighted by molar-refractivity contribution is -0.119. The highest BCUT2D eigenvalue weighted by Crippen LogP contribution is 2.24. The van der Waals surface area contributed by atoms with Gasteiger partial charge in [-0.3, -0.25) is 4.79 Å². The van der Waals surface area contributed by atoms with Crippen molar-refractivity contribution in [2.75, 3.05) is 12.4 Å². The Labute approximate surface area is 127 Å². The summed E-state index contributed by atoms with van der Waals surface area (Å²) in [5.74, 6) is 0.0765. The van der Waals surface area contributed by atoms with Crippen LogP contribution < -0.4 is 10.6 Å². The Hall–Kier alpha value is -1.55. The van der Waals surface area contributed by atoms with Gasteiger partial charge in [0.1, 0.15) is 0 Å². The molecule has 2 rings (SSSR count). The number of anilines is 1. The standard InChI is InChI=1S/C17H26N2O2/c1-12(21-3)14-5-4-6-17(11-14)19-16-9-7-15(8-10-16)18-13(2)20/h4-6,11-12,15-16,19H,7-10H2,1-3H3,(H,18,20)/t12-,15?,16?/m0/s1. The normalized spacial score (nSPS) is 23.4. The van der Waals surface area contributed by atoms with Gasteiger partial charge in [-0.15, -0.1) is 0 Å². The van der Waals surface area contributed by atoms with E-state index in [-0.39, 0.29) is 12.0 Å². The highest BCUT2D eigenvalue weighted by molar-refractivity contribution is 5.73. The molecule has 1 aromatic rings. The zero-order chi connectivity index (χ0) is 15.2. The van der Waals surface area contributed by atoms with Gasteiger partial charge in [-0.25, -0.2) is 0 Å². The van der Waals surface area contributed by atoms with Crippen LogP contribution in [-0.2, 0) is 9.53 Å². The number of nitrogens with one attached hydrogen (secondary N) is 2. The van der Waals surface area contributed by atoms with Crippen molar-refractivity contribution in [3.63, 3.8) is 0 Å². The third kappa shape index (κ3) is 4.74. The van der Waals surface area contributed by atoms with E-state index in [2.05, 4.69) is 41.8 Å². The van der Waals surface area contributed by atoms with Gasteiger partial charge >= 0.3 is 0 Å². The minimum absolute atomic E-state index is 0.0765. The number of carbonyl (C=O) groups is 1. The van der Waals surface area contributed by atoms with E-state index < -0.39 is 0 Å². The molecule has 21 heavy (non-hydrogen) atoms. The van der Waals surface area contributed by atoms with E-state index in [1.54, 1.807) is 14.0 Å². The van der Waals surface area contributed by atoms with Gasteiger partial charge in [0.25, 0.3) is 0 Å². The van der Waals surface area contributed by atoms with Crippen molar-refractivity contribution in [3.05, 3.63) is 29.8 Å². The third-order valence-corrected chi connectivity index (χ3v) is 4.21. The van der Waals surface area contributed by atoms with Crippen LogP contribution in [0, 0.1) is 0 Å². The van der Waals surface area contributed by atoms with Gasteiger partial charge in [0.15, 0.2) is 0 Å². The average molecular weight is 290 g/mol. The first-order valence-corrected chi connectivity index (χ1v) is 7.75. The number of ether oxygens (including phenoxy) is 1. The quantitative estimate of drug-likeness (QED) is 0.875. The summed E-state index contributed by atoms with van der Waals surface area (Å²) in [5, 5.41) is 6.62. The predicted octanol–water partition coefficient (Wildman–Crippen LogP) is 3.25. The minimum Gasteiger partial charge on any atom is -0.382 e. The molecule has 0 heterocycles. The second-order valence-electron chi connectivity index (χ2n) is 5.90. The van der Waals surface area contributed by atoms with Gasteiger partial charge in [-0.1, -0.05) is 12.1 Å². The van der Waals surface area contributed by atoms with Crippen molar-refractivity contribution in [3.8, 4) is 0 Å². The van der Waals surface area contributed by atoms with Crippen molar-refractivity contribution < 1.29 is 9.53 Å². The largest absolute Gasteiger partial charge is 0.382 e. The molecular weight excluding hydrogens is 264 g/mol. The number of rotatable bonds is 5. The van der Waals surface area contributed by atoms with Gasteiger partial charge in [0, 0.05) is 31.8 Å². The maximum atomic E-state index is 11.1. The highest BCUT2D eigenvalue weighted by atomic mass is 16.5. The molecule has 0 unspecified atom stereocenters. The van der Waals surface area contributed by atoms with Gasteiger partial charge in [-0.2, -0.15) is 0 Å². The molecule has 1 atom stereocenters. The van der Waals surface area contributed by atoms with Crippen LogP contribution in [0.5, 0.6) is 0 Å². The third-order valence-electron chi connectivity index (χ3n) is 4.21. The van der Waals surface area contributed by atoms with E-state index in [1.165, 1.54) is 5.56 Å². The first-order chi connectivity index (χ1) is 10.1. The monoisotopic (exact) mass is 290 g/mol. The molecule has 1 fully saturated rings. The fourth-order valence-electron chi connectivity index (χ4n) is 2.92. The second kappa shape index (κ2) is 7.46. The van der Waals surface area contributed by atoms with Gasteiger partial charge in [0.05, 0.1) is 6.10 Å². The van der Waals surface area contributed by atoms with Crippen LogP contribution in [0.2, 0.25) is 0 Å². The Morgan fingerprint density at radius 2 is 1.90 bits per heavy atom. The van der Waals surface area contributed by atoms with Crippen molar-refractivity contribution in [1.29, 1.82) is 0 Å². The molecule has 4 nitrogen and oxygen atoms in total. The maximum absolute atomic E-state index is 11.1. The number of amides is 1. The lowest BCUT2D eigenvalue weighted by atomic mass is 9.91. The first kappa shape index (κ1) is 15.8. The van der Waals surface area contributed by atoms with E-state index in [0.29, 0.717) is 12.1 Å². The van der Waals surface area contributed by atoms with E-state index in [9.17, 15) is 4.79 Å². The predicted molar refractivity (Wildman–Crippen MR) is 85.3 cm³/mol. The molecule has 1 aliphatic carbocycles. The Bertz CT molecular complexity index is 468. The summed E-state index contributed by atoms with van der Waals surface area (Å²) in [5.41, 5.74) is 2.34. The van der Waals surface area contributed by atoms with Crippen molar-refractivity contribution in [2.24, 2.45) is 0 Å². The van der Waals surface area contributed by atoms with Crippen molar-refractivity contribution in [2.45, 2.75) is 57.7 Å². The Kier molecular flexibility index (Phi) is 5.62. The fraction of sp³-hybridized carbons (Fsp3) is 0.588. The lowest BCUT2D eigenvalue weighted by Gasteiger charge is -2.30. The second-order valence-corrected chi connectivity index (χ2v) is 5.90. The lowest BCUT2D eigenvalue weighted by Crippen LogP contribution is -2.39. The molecule has 0 saturated heterocycles. The molecule has 0 aromatic heterocycles. The molecule has 1 saturated carbocycles. The summed E-state index contributed by atoms with van der Waals surface area (Å²) < 4.78 is 5.36. The topological polar surface area (TPSA) is 50.4 Å². The summed E-state index contributed by atoms with van der Waals surface area (Å²) in [4.78, 5) is 11.1. The van der Waals surface area contributed by atoms with Crippen molar-refractivity contribution >= 4 is 11.6 Å². The summed E-state index contributed by atoms with van der Waals surface area (Å²) >= 11 is 0. The van der Waals surface area contributed by atoms with Crippen LogP contribution in [0.15, 0.2) is 24.3 Å². The number of hydrogen-bond donors (Lipinski definition) is 2. The summed E-state index contributed by atoms with van der Waals surface area (Å²) in [6.07, 6.45) is 4.39.